The number of hydrogen-bond donors (Lipinski definition) is 3. The number of aromatic amines is 1. The number of H-pyrrole nitrogens is 1. The van der Waals surface area contributed by atoms with Crippen LogP contribution in [-0.2, 0) is 10.0 Å². The molecule has 0 atom stereocenters. The van der Waals surface area contributed by atoms with Crippen LogP contribution in [0.5, 0.6) is 0 Å². The van der Waals surface area contributed by atoms with E-state index in [-0.39, 0.29) is 4.90 Å². The molecule has 0 saturated carbocycles. The van der Waals surface area contributed by atoms with Crippen molar-refractivity contribution in [3.63, 3.8) is 0 Å². The van der Waals surface area contributed by atoms with E-state index in [1.165, 1.54) is 6.07 Å². The molecule has 1 heterocycles. The maximum atomic E-state index is 12.4. The van der Waals surface area contributed by atoms with Gasteiger partial charge in [-0.3, -0.25) is 10.2 Å². The lowest BCUT2D eigenvalue weighted by Crippen LogP contribution is -2.41. The zero-order chi connectivity index (χ0) is 17.3. The highest BCUT2D eigenvalue weighted by Crippen LogP contribution is 2.18. The molecule has 0 aliphatic rings. The first kappa shape index (κ1) is 16.2. The lowest BCUT2D eigenvalue weighted by Gasteiger charge is -2.10. The summed E-state index contributed by atoms with van der Waals surface area (Å²) >= 11 is 0. The fraction of sp³-hybridized carbons (Fsp3) is 0.118. The van der Waals surface area contributed by atoms with E-state index in [1.54, 1.807) is 31.3 Å². The molecule has 1 aromatic heterocycles. The second-order valence-electron chi connectivity index (χ2n) is 5.58. The van der Waals surface area contributed by atoms with Crippen LogP contribution >= 0.6 is 0 Å². The molecule has 2 aromatic carbocycles. The number of para-hydroxylation sites is 1. The minimum atomic E-state index is -3.84. The number of hydrogen-bond acceptors (Lipinski definition) is 3. The molecule has 0 aliphatic carbocycles. The highest BCUT2D eigenvalue weighted by atomic mass is 32.2. The van der Waals surface area contributed by atoms with Gasteiger partial charge in [-0.1, -0.05) is 35.9 Å². The molecular weight excluding hydrogens is 326 g/mol. The SMILES string of the molecule is Cc1ccc(S(=O)(=O)NNC(=O)c2c[nH]c3ccccc23)c(C)c1. The Labute approximate surface area is 139 Å². The van der Waals surface area contributed by atoms with Crippen molar-refractivity contribution in [1.29, 1.82) is 0 Å². The van der Waals surface area contributed by atoms with Crippen molar-refractivity contribution in [2.24, 2.45) is 0 Å². The molecule has 3 rings (SSSR count). The number of hydrazine groups is 1. The Balaban J connectivity index is 1.80. The van der Waals surface area contributed by atoms with Gasteiger partial charge in [0.1, 0.15) is 0 Å². The summed E-state index contributed by atoms with van der Waals surface area (Å²) < 4.78 is 24.7. The summed E-state index contributed by atoms with van der Waals surface area (Å²) in [5.74, 6) is -0.527. The lowest BCUT2D eigenvalue weighted by atomic mass is 10.2. The average Bonchev–Trinajstić information content (AvgIpc) is 2.96. The summed E-state index contributed by atoms with van der Waals surface area (Å²) in [6, 6.07) is 12.3. The fourth-order valence-electron chi connectivity index (χ4n) is 2.60. The quantitative estimate of drug-likeness (QED) is 0.635. The molecule has 0 aliphatic heterocycles. The Morgan fingerprint density at radius 1 is 1.08 bits per heavy atom. The van der Waals surface area contributed by atoms with E-state index in [2.05, 4.69) is 15.2 Å². The highest BCUT2D eigenvalue weighted by Gasteiger charge is 2.19. The lowest BCUT2D eigenvalue weighted by molar-refractivity contribution is 0.0947. The molecular formula is C17H17N3O3S. The molecule has 124 valence electrons. The van der Waals surface area contributed by atoms with E-state index in [1.807, 2.05) is 25.1 Å². The first-order valence-electron chi connectivity index (χ1n) is 7.34. The second kappa shape index (κ2) is 6.10. The maximum Gasteiger partial charge on any atom is 0.268 e. The number of amides is 1. The molecule has 3 N–H and O–H groups in total. The van der Waals surface area contributed by atoms with Crippen LogP contribution in [0.3, 0.4) is 0 Å². The average molecular weight is 343 g/mol. The van der Waals surface area contributed by atoms with Crippen LogP contribution in [0, 0.1) is 13.8 Å². The van der Waals surface area contributed by atoms with Crippen LogP contribution in [0.2, 0.25) is 0 Å². The molecule has 1 amide bonds. The third kappa shape index (κ3) is 3.04. The highest BCUT2D eigenvalue weighted by molar-refractivity contribution is 7.89. The van der Waals surface area contributed by atoms with Gasteiger partial charge < -0.3 is 4.98 Å². The predicted octanol–water partition coefficient (Wildman–Crippen LogP) is 2.41. The van der Waals surface area contributed by atoms with Crippen LogP contribution < -0.4 is 10.3 Å². The topological polar surface area (TPSA) is 91.1 Å². The minimum Gasteiger partial charge on any atom is -0.360 e. The predicted molar refractivity (Wildman–Crippen MR) is 92.0 cm³/mol. The zero-order valence-electron chi connectivity index (χ0n) is 13.3. The summed E-state index contributed by atoms with van der Waals surface area (Å²) in [6.45, 7) is 3.60. The van der Waals surface area contributed by atoms with E-state index < -0.39 is 15.9 Å². The molecule has 7 heteroatoms. The Kier molecular flexibility index (Phi) is 4.13. The van der Waals surface area contributed by atoms with E-state index in [9.17, 15) is 13.2 Å². The zero-order valence-corrected chi connectivity index (χ0v) is 14.1. The number of aryl methyl sites for hydroxylation is 2. The van der Waals surface area contributed by atoms with Gasteiger partial charge >= 0.3 is 0 Å². The summed E-state index contributed by atoms with van der Waals surface area (Å²) in [6.07, 6.45) is 1.55. The van der Waals surface area contributed by atoms with E-state index in [0.717, 1.165) is 16.5 Å². The molecule has 0 fully saturated rings. The van der Waals surface area contributed by atoms with Crippen molar-refractivity contribution in [3.8, 4) is 0 Å². The van der Waals surface area contributed by atoms with Gasteiger partial charge in [-0.05, 0) is 31.5 Å². The number of sulfonamides is 1. The molecule has 24 heavy (non-hydrogen) atoms. The number of nitrogens with one attached hydrogen (secondary N) is 3. The van der Waals surface area contributed by atoms with Crippen molar-refractivity contribution >= 4 is 26.8 Å². The van der Waals surface area contributed by atoms with Gasteiger partial charge in [0.2, 0.25) is 0 Å². The number of benzene rings is 2. The van der Waals surface area contributed by atoms with Gasteiger partial charge in [-0.25, -0.2) is 8.42 Å². The van der Waals surface area contributed by atoms with Crippen LogP contribution in [0.15, 0.2) is 53.6 Å². The van der Waals surface area contributed by atoms with Gasteiger partial charge in [0.15, 0.2) is 0 Å². The third-order valence-corrected chi connectivity index (χ3v) is 5.16. The smallest absolute Gasteiger partial charge is 0.268 e. The number of carbonyl (C=O) groups excluding carboxylic acids is 1. The number of fused-ring (bicyclic) bond motifs is 1. The van der Waals surface area contributed by atoms with Gasteiger partial charge in [-0.15, -0.1) is 4.83 Å². The van der Waals surface area contributed by atoms with E-state index in [0.29, 0.717) is 11.1 Å². The van der Waals surface area contributed by atoms with E-state index in [4.69, 9.17) is 0 Å². The van der Waals surface area contributed by atoms with Gasteiger partial charge in [0.05, 0.1) is 10.5 Å². The normalized spacial score (nSPS) is 11.6. The van der Waals surface area contributed by atoms with Crippen molar-refractivity contribution in [1.82, 2.24) is 15.2 Å². The standard InChI is InChI=1S/C17H17N3O3S/c1-11-7-8-16(12(2)9-11)24(22,23)20-19-17(21)14-10-18-15-6-4-3-5-13(14)15/h3-10,18,20H,1-2H3,(H,19,21). The first-order valence-corrected chi connectivity index (χ1v) is 8.82. The largest absolute Gasteiger partial charge is 0.360 e. The van der Waals surface area contributed by atoms with Crippen molar-refractivity contribution in [2.75, 3.05) is 0 Å². The van der Waals surface area contributed by atoms with Gasteiger partial charge in [0, 0.05) is 17.1 Å². The van der Waals surface area contributed by atoms with Gasteiger partial charge in [0.25, 0.3) is 15.9 Å². The Morgan fingerprint density at radius 3 is 2.58 bits per heavy atom. The number of carbonyl (C=O) groups is 1. The van der Waals surface area contributed by atoms with Crippen LogP contribution in [0.4, 0.5) is 0 Å². The minimum absolute atomic E-state index is 0.132. The fourth-order valence-corrected chi connectivity index (χ4v) is 3.66. The summed E-state index contributed by atoms with van der Waals surface area (Å²) in [5, 5.41) is 0.723. The Morgan fingerprint density at radius 2 is 1.83 bits per heavy atom. The van der Waals surface area contributed by atoms with Crippen molar-refractivity contribution in [3.05, 3.63) is 65.4 Å². The Hall–Kier alpha value is -2.64. The maximum absolute atomic E-state index is 12.4. The van der Waals surface area contributed by atoms with Crippen molar-refractivity contribution < 1.29 is 13.2 Å². The molecule has 0 saturated heterocycles. The Bertz CT molecular complexity index is 1020. The summed E-state index contributed by atoms with van der Waals surface area (Å²) in [7, 11) is -3.84. The van der Waals surface area contributed by atoms with Crippen molar-refractivity contribution in [2.45, 2.75) is 18.7 Å². The van der Waals surface area contributed by atoms with Crippen LogP contribution in [0.25, 0.3) is 10.9 Å². The van der Waals surface area contributed by atoms with Gasteiger partial charge in [-0.2, -0.15) is 0 Å². The number of aromatic nitrogens is 1. The number of rotatable bonds is 4. The summed E-state index contributed by atoms with van der Waals surface area (Å²) in [5.41, 5.74) is 5.02. The molecule has 3 aromatic rings. The molecule has 0 spiro atoms. The molecule has 0 unspecified atom stereocenters. The second-order valence-corrected chi connectivity index (χ2v) is 7.23. The third-order valence-electron chi connectivity index (χ3n) is 3.75. The first-order chi connectivity index (χ1) is 11.4. The molecule has 0 radical (unpaired) electrons. The van der Waals surface area contributed by atoms with E-state index >= 15 is 0 Å². The summed E-state index contributed by atoms with van der Waals surface area (Å²) in [4.78, 5) is 17.5. The molecule has 0 bridgehead atoms. The van der Waals surface area contributed by atoms with Crippen LogP contribution in [0.1, 0.15) is 21.5 Å². The monoisotopic (exact) mass is 343 g/mol. The molecule has 6 nitrogen and oxygen atoms in total. The van der Waals surface area contributed by atoms with Crippen LogP contribution in [-0.4, -0.2) is 19.3 Å².